The van der Waals surface area contributed by atoms with Crippen molar-refractivity contribution >= 4 is 11.9 Å². The van der Waals surface area contributed by atoms with Crippen molar-refractivity contribution in [3.05, 3.63) is 10.4 Å². The van der Waals surface area contributed by atoms with Crippen molar-refractivity contribution in [3.63, 3.8) is 0 Å². The number of carbonyl (C=O) groups excluding carboxylic acids is 2. The summed E-state index contributed by atoms with van der Waals surface area (Å²) in [6, 6.07) is -2.21. The fraction of sp³-hybridized carbons (Fsp3) is 0.818. The van der Waals surface area contributed by atoms with Crippen molar-refractivity contribution in [2.24, 2.45) is 11.0 Å². The Bertz CT molecular complexity index is 448. The molecule has 7 nitrogen and oxygen atoms in total. The Kier molecular flexibility index (Phi) is 5.83. The van der Waals surface area contributed by atoms with Gasteiger partial charge in [-0.1, -0.05) is 5.11 Å². The number of alkyl halides is 3. The molecule has 118 valence electrons. The second kappa shape index (κ2) is 7.16. The number of carbonyl (C=O) groups is 2. The van der Waals surface area contributed by atoms with Crippen LogP contribution in [0.2, 0.25) is 0 Å². The lowest BCUT2D eigenvalue weighted by Crippen LogP contribution is -2.48. The molecule has 1 rings (SSSR count). The van der Waals surface area contributed by atoms with E-state index in [1.807, 2.05) is 0 Å². The van der Waals surface area contributed by atoms with E-state index in [1.165, 1.54) is 6.92 Å². The average Bonchev–Trinajstić information content (AvgIpc) is 2.73. The fourth-order valence-electron chi connectivity index (χ4n) is 2.16. The van der Waals surface area contributed by atoms with E-state index in [1.54, 1.807) is 0 Å². The summed E-state index contributed by atoms with van der Waals surface area (Å²) in [7, 11) is 0. The minimum atomic E-state index is -4.73. The van der Waals surface area contributed by atoms with Crippen LogP contribution in [0.1, 0.15) is 19.8 Å². The van der Waals surface area contributed by atoms with Crippen molar-refractivity contribution in [1.29, 1.82) is 0 Å². The monoisotopic (exact) mass is 308 g/mol. The third-order valence-corrected chi connectivity index (χ3v) is 3.06. The Morgan fingerprint density at radius 1 is 1.62 bits per heavy atom. The predicted octanol–water partition coefficient (Wildman–Crippen LogP) is 2.03. The summed E-state index contributed by atoms with van der Waals surface area (Å²) in [4.78, 5) is 26.1. The smallest absolute Gasteiger partial charge is 0.409 e. The SMILES string of the molecule is CCOC(=O)CC(N1CC(CN=[N+]=[N-])CC1=O)C(F)(F)F. The summed E-state index contributed by atoms with van der Waals surface area (Å²) in [5, 5.41) is 3.26. The standard InChI is InChI=1S/C11H15F3N4O3/c1-2-21-10(20)4-8(11(12,13)14)18-6-7(3-9(18)19)5-16-17-15/h7-8H,2-6H2,1H3. The van der Waals surface area contributed by atoms with Crippen LogP contribution < -0.4 is 0 Å². The van der Waals surface area contributed by atoms with Crippen LogP contribution in [0.5, 0.6) is 0 Å². The van der Waals surface area contributed by atoms with E-state index in [0.717, 1.165) is 0 Å². The molecule has 1 saturated heterocycles. The average molecular weight is 308 g/mol. The molecule has 1 heterocycles. The highest BCUT2D eigenvalue weighted by atomic mass is 19.4. The lowest BCUT2D eigenvalue weighted by Gasteiger charge is -2.29. The van der Waals surface area contributed by atoms with Crippen LogP contribution in [0, 0.1) is 5.92 Å². The lowest BCUT2D eigenvalue weighted by atomic mass is 10.1. The van der Waals surface area contributed by atoms with E-state index in [4.69, 9.17) is 5.53 Å². The van der Waals surface area contributed by atoms with Crippen molar-refractivity contribution in [2.75, 3.05) is 19.7 Å². The van der Waals surface area contributed by atoms with Gasteiger partial charge in [-0.25, -0.2) is 0 Å². The molecule has 0 saturated carbocycles. The maximum absolute atomic E-state index is 13.0. The highest BCUT2D eigenvalue weighted by Crippen LogP contribution is 2.32. The van der Waals surface area contributed by atoms with Gasteiger partial charge >= 0.3 is 12.1 Å². The van der Waals surface area contributed by atoms with Crippen LogP contribution in [0.4, 0.5) is 13.2 Å². The third kappa shape index (κ3) is 4.82. The fourth-order valence-corrected chi connectivity index (χ4v) is 2.16. The van der Waals surface area contributed by atoms with Crippen molar-refractivity contribution in [2.45, 2.75) is 32.0 Å². The first-order valence-electron chi connectivity index (χ1n) is 6.32. The molecule has 0 aromatic rings. The number of nitrogens with zero attached hydrogens (tertiary/aromatic N) is 4. The highest BCUT2D eigenvalue weighted by Gasteiger charge is 2.49. The van der Waals surface area contributed by atoms with Gasteiger partial charge in [0.05, 0.1) is 13.0 Å². The van der Waals surface area contributed by atoms with E-state index in [2.05, 4.69) is 14.8 Å². The van der Waals surface area contributed by atoms with Crippen LogP contribution in [-0.2, 0) is 14.3 Å². The van der Waals surface area contributed by atoms with Crippen LogP contribution in [0.3, 0.4) is 0 Å². The Morgan fingerprint density at radius 3 is 2.81 bits per heavy atom. The van der Waals surface area contributed by atoms with E-state index in [-0.39, 0.29) is 26.1 Å². The van der Waals surface area contributed by atoms with Crippen LogP contribution in [0.15, 0.2) is 5.11 Å². The zero-order valence-corrected chi connectivity index (χ0v) is 11.3. The van der Waals surface area contributed by atoms with Gasteiger partial charge in [-0.3, -0.25) is 9.59 Å². The second-order valence-corrected chi connectivity index (χ2v) is 4.60. The van der Waals surface area contributed by atoms with Gasteiger partial charge in [-0.05, 0) is 18.4 Å². The number of amides is 1. The summed E-state index contributed by atoms with van der Waals surface area (Å²) in [5.74, 6) is -2.19. The molecule has 0 aromatic heterocycles. The largest absolute Gasteiger partial charge is 0.466 e. The summed E-state index contributed by atoms with van der Waals surface area (Å²) in [5.41, 5.74) is 8.19. The summed E-state index contributed by atoms with van der Waals surface area (Å²) in [6.07, 6.45) is -5.79. The Labute approximate surface area is 118 Å². The lowest BCUT2D eigenvalue weighted by molar-refractivity contribution is -0.193. The van der Waals surface area contributed by atoms with Gasteiger partial charge in [0, 0.05) is 24.4 Å². The molecule has 0 bridgehead atoms. The maximum atomic E-state index is 13.0. The molecule has 0 spiro atoms. The second-order valence-electron chi connectivity index (χ2n) is 4.60. The zero-order valence-electron chi connectivity index (χ0n) is 11.3. The van der Waals surface area contributed by atoms with Gasteiger partial charge in [0.1, 0.15) is 6.04 Å². The normalized spacial score (nSPS) is 20.1. The summed E-state index contributed by atoms with van der Waals surface area (Å²) < 4.78 is 43.6. The Hall–Kier alpha value is -1.96. The number of halogens is 3. The molecule has 1 amide bonds. The minimum absolute atomic E-state index is 0.0309. The molecule has 10 heteroatoms. The quantitative estimate of drug-likeness (QED) is 0.325. The number of hydrogen-bond donors (Lipinski definition) is 0. The van der Waals surface area contributed by atoms with Gasteiger partial charge in [0.15, 0.2) is 0 Å². The number of azide groups is 1. The van der Waals surface area contributed by atoms with Crippen molar-refractivity contribution < 1.29 is 27.5 Å². The Morgan fingerprint density at radius 2 is 2.29 bits per heavy atom. The number of rotatable bonds is 6. The number of hydrogen-bond acceptors (Lipinski definition) is 4. The minimum Gasteiger partial charge on any atom is -0.466 e. The molecule has 0 aromatic carbocycles. The van der Waals surface area contributed by atoms with Gasteiger partial charge in [0.25, 0.3) is 0 Å². The van der Waals surface area contributed by atoms with E-state index >= 15 is 0 Å². The van der Waals surface area contributed by atoms with E-state index in [0.29, 0.717) is 4.90 Å². The first-order valence-corrected chi connectivity index (χ1v) is 6.32. The summed E-state index contributed by atoms with van der Waals surface area (Å²) >= 11 is 0. The van der Waals surface area contributed by atoms with Crippen molar-refractivity contribution in [1.82, 2.24) is 4.90 Å². The summed E-state index contributed by atoms with van der Waals surface area (Å²) in [6.45, 7) is 1.21. The van der Waals surface area contributed by atoms with Crippen LogP contribution in [-0.4, -0.2) is 48.7 Å². The van der Waals surface area contributed by atoms with Gasteiger partial charge < -0.3 is 9.64 Å². The molecule has 2 unspecified atom stereocenters. The van der Waals surface area contributed by atoms with Crippen molar-refractivity contribution in [3.8, 4) is 0 Å². The molecule has 2 atom stereocenters. The van der Waals surface area contributed by atoms with Gasteiger partial charge in [0.2, 0.25) is 5.91 Å². The molecule has 0 radical (unpaired) electrons. The van der Waals surface area contributed by atoms with E-state index < -0.39 is 36.4 Å². The van der Waals surface area contributed by atoms with E-state index in [9.17, 15) is 22.8 Å². The highest BCUT2D eigenvalue weighted by molar-refractivity contribution is 5.80. The topological polar surface area (TPSA) is 95.4 Å². The first kappa shape index (κ1) is 17.1. The number of ether oxygens (including phenoxy) is 1. The Balaban J connectivity index is 2.81. The third-order valence-electron chi connectivity index (χ3n) is 3.06. The first-order chi connectivity index (χ1) is 9.79. The van der Waals surface area contributed by atoms with Gasteiger partial charge in [-0.2, -0.15) is 13.2 Å². The predicted molar refractivity (Wildman–Crippen MR) is 64.9 cm³/mol. The zero-order chi connectivity index (χ0) is 16.0. The van der Waals surface area contributed by atoms with Crippen LogP contribution >= 0.6 is 0 Å². The molecule has 0 aliphatic carbocycles. The molecule has 0 N–H and O–H groups in total. The molecule has 21 heavy (non-hydrogen) atoms. The number of likely N-dealkylation sites (tertiary alicyclic amines) is 1. The molecule has 1 aliphatic heterocycles. The molecular formula is C11H15F3N4O3. The molecular weight excluding hydrogens is 293 g/mol. The van der Waals surface area contributed by atoms with Gasteiger partial charge in [-0.15, -0.1) is 0 Å². The maximum Gasteiger partial charge on any atom is 0.409 e. The number of esters is 1. The molecule has 1 fully saturated rings. The molecule has 1 aliphatic rings. The van der Waals surface area contributed by atoms with Crippen LogP contribution in [0.25, 0.3) is 10.4 Å².